The minimum atomic E-state index is -1.93. The molecule has 2 N–H and O–H groups in total. The van der Waals surface area contributed by atoms with Crippen molar-refractivity contribution < 1.29 is 37.0 Å². The first kappa shape index (κ1) is 18.0. The number of benzene rings is 1. The van der Waals surface area contributed by atoms with Crippen LogP contribution in [0.5, 0.6) is 0 Å². The highest BCUT2D eigenvalue weighted by molar-refractivity contribution is 6.00. The van der Waals surface area contributed by atoms with Gasteiger partial charge in [0.2, 0.25) is 0 Å². The zero-order chi connectivity index (χ0) is 19.2. The number of hydrogen-bond acceptors (Lipinski definition) is 4. The molecule has 3 rings (SSSR count). The van der Waals surface area contributed by atoms with E-state index in [0.717, 1.165) is 13.0 Å². The van der Waals surface area contributed by atoms with Gasteiger partial charge in [-0.2, -0.15) is 0 Å². The Morgan fingerprint density at radius 1 is 1.42 bits per heavy atom. The molecule has 9 heteroatoms. The molecule has 0 radical (unpaired) electrons. The van der Waals surface area contributed by atoms with Crippen molar-refractivity contribution in [3.63, 3.8) is 0 Å². The second kappa shape index (κ2) is 6.47. The fourth-order valence-electron chi connectivity index (χ4n) is 3.31. The average molecular weight is 371 g/mol. The van der Waals surface area contributed by atoms with Gasteiger partial charge in [0.15, 0.2) is 0 Å². The molecular weight excluding hydrogens is 358 g/mol. The van der Waals surface area contributed by atoms with E-state index in [4.69, 9.17) is 4.74 Å². The van der Waals surface area contributed by atoms with Gasteiger partial charge in [0.25, 0.3) is 0 Å². The topological polar surface area (TPSA) is 75.6 Å². The zero-order valence-electron chi connectivity index (χ0n) is 13.4. The lowest BCUT2D eigenvalue weighted by Gasteiger charge is -2.28. The number of alkyl halides is 2. The maximum absolute atomic E-state index is 14.2. The highest BCUT2D eigenvalue weighted by atomic mass is 19.1. The Bertz CT molecular complexity index is 876. The number of hydrogen-bond donors (Lipinski definition) is 2. The molecular formula is C17H13F4NO4. The first-order valence-electron chi connectivity index (χ1n) is 7.58. The highest BCUT2D eigenvalue weighted by Crippen LogP contribution is 2.44. The fourth-order valence-corrected chi connectivity index (χ4v) is 3.31. The van der Waals surface area contributed by atoms with Crippen LogP contribution >= 0.6 is 0 Å². The van der Waals surface area contributed by atoms with E-state index in [-0.39, 0.29) is 23.6 Å². The molecule has 2 aliphatic rings. The van der Waals surface area contributed by atoms with Gasteiger partial charge in [-0.15, -0.1) is 0 Å². The molecule has 0 fully saturated rings. The maximum Gasteiger partial charge on any atom is 0.337 e. The number of nitrogens with one attached hydrogen (secondary N) is 1. The van der Waals surface area contributed by atoms with Crippen LogP contribution in [0.2, 0.25) is 0 Å². The number of carboxylic acid groups (broad SMARTS) is 1. The lowest BCUT2D eigenvalue weighted by molar-refractivity contribution is -0.136. The van der Waals surface area contributed by atoms with E-state index in [9.17, 15) is 32.3 Å². The number of allylic oxidation sites excluding steroid dienone is 1. The summed E-state index contributed by atoms with van der Waals surface area (Å²) in [6, 6.07) is 1.21. The number of carboxylic acids is 1. The minimum absolute atomic E-state index is 0.0831. The summed E-state index contributed by atoms with van der Waals surface area (Å²) in [6.07, 6.45) is -1.93. The van der Waals surface area contributed by atoms with Gasteiger partial charge < -0.3 is 15.2 Å². The summed E-state index contributed by atoms with van der Waals surface area (Å²) in [5, 5.41) is 12.0. The Hall–Kier alpha value is -2.84. The van der Waals surface area contributed by atoms with Crippen LogP contribution in [-0.4, -0.2) is 30.3 Å². The van der Waals surface area contributed by atoms with Crippen molar-refractivity contribution in [2.24, 2.45) is 0 Å². The standard InChI is InChI=1S/C17H13F4NO4/c1-6(19)12-8(2-7(20)3-9(12)21)13-14(16(23)24)10(4-18)22-11-5-26-17(25)15(11)13/h2-3,6,13,22H,4-5H2,1H3,(H,23,24). The van der Waals surface area contributed by atoms with E-state index < -0.39 is 59.0 Å². The molecule has 0 saturated carbocycles. The van der Waals surface area contributed by atoms with Crippen molar-refractivity contribution in [1.29, 1.82) is 0 Å². The minimum Gasteiger partial charge on any atom is -0.478 e. The molecule has 2 unspecified atom stereocenters. The number of aliphatic carboxylic acids is 1. The molecule has 26 heavy (non-hydrogen) atoms. The lowest BCUT2D eigenvalue weighted by Crippen LogP contribution is -2.32. The van der Waals surface area contributed by atoms with Crippen LogP contribution in [0.4, 0.5) is 17.6 Å². The van der Waals surface area contributed by atoms with E-state index in [1.54, 1.807) is 0 Å². The summed E-state index contributed by atoms with van der Waals surface area (Å²) in [5.41, 5.74) is -2.15. The molecule has 138 valence electrons. The highest BCUT2D eigenvalue weighted by Gasteiger charge is 2.44. The van der Waals surface area contributed by atoms with E-state index in [1.165, 1.54) is 0 Å². The van der Waals surface area contributed by atoms with Crippen molar-refractivity contribution in [2.75, 3.05) is 13.3 Å². The molecule has 0 spiro atoms. The van der Waals surface area contributed by atoms with Crippen LogP contribution in [0.25, 0.3) is 0 Å². The number of halogens is 4. The smallest absolute Gasteiger partial charge is 0.337 e. The molecule has 1 aromatic rings. The van der Waals surface area contributed by atoms with Crippen LogP contribution in [0.3, 0.4) is 0 Å². The Morgan fingerprint density at radius 3 is 2.69 bits per heavy atom. The summed E-state index contributed by atoms with van der Waals surface area (Å²) in [6.45, 7) is -0.524. The second-order valence-electron chi connectivity index (χ2n) is 5.86. The van der Waals surface area contributed by atoms with E-state index in [2.05, 4.69) is 5.32 Å². The summed E-state index contributed by atoms with van der Waals surface area (Å²) < 4.78 is 60.3. The summed E-state index contributed by atoms with van der Waals surface area (Å²) >= 11 is 0. The molecule has 1 aromatic carbocycles. The summed E-state index contributed by atoms with van der Waals surface area (Å²) in [4.78, 5) is 23.8. The SMILES string of the molecule is CC(F)c1c(F)cc(F)cc1C1C(C(=O)O)=C(CF)NC2=C1C(=O)OC2. The normalized spacial score (nSPS) is 20.7. The second-order valence-corrected chi connectivity index (χ2v) is 5.86. The number of dihydropyridines is 1. The number of esters is 1. The molecule has 2 heterocycles. The third-order valence-corrected chi connectivity index (χ3v) is 4.30. The molecule has 2 aliphatic heterocycles. The van der Waals surface area contributed by atoms with E-state index in [0.29, 0.717) is 6.07 Å². The first-order valence-corrected chi connectivity index (χ1v) is 7.58. The van der Waals surface area contributed by atoms with Crippen LogP contribution in [0.15, 0.2) is 34.7 Å². The number of ether oxygens (including phenoxy) is 1. The number of cyclic esters (lactones) is 1. The quantitative estimate of drug-likeness (QED) is 0.629. The van der Waals surface area contributed by atoms with Gasteiger partial charge in [-0.3, -0.25) is 0 Å². The van der Waals surface area contributed by atoms with Gasteiger partial charge in [-0.25, -0.2) is 27.2 Å². The maximum atomic E-state index is 14.2. The van der Waals surface area contributed by atoms with Crippen molar-refractivity contribution in [3.05, 3.63) is 57.4 Å². The molecule has 2 atom stereocenters. The van der Waals surface area contributed by atoms with Gasteiger partial charge in [-0.1, -0.05) is 0 Å². The molecule has 0 bridgehead atoms. The Labute approximate surface area is 144 Å². The summed E-state index contributed by atoms with van der Waals surface area (Å²) in [5.74, 6) is -6.41. The number of rotatable bonds is 4. The van der Waals surface area contributed by atoms with Crippen molar-refractivity contribution in [2.45, 2.75) is 19.0 Å². The predicted molar refractivity (Wildman–Crippen MR) is 80.4 cm³/mol. The molecule has 0 saturated heterocycles. The third kappa shape index (κ3) is 2.73. The van der Waals surface area contributed by atoms with Crippen LogP contribution in [-0.2, 0) is 14.3 Å². The van der Waals surface area contributed by atoms with Crippen LogP contribution in [0.1, 0.15) is 30.1 Å². The van der Waals surface area contributed by atoms with Gasteiger partial charge >= 0.3 is 11.9 Å². The van der Waals surface area contributed by atoms with Gasteiger partial charge in [0.1, 0.15) is 31.1 Å². The number of carbonyl (C=O) groups excluding carboxylic acids is 1. The number of carbonyl (C=O) groups is 2. The third-order valence-electron chi connectivity index (χ3n) is 4.30. The summed E-state index contributed by atoms with van der Waals surface area (Å²) in [7, 11) is 0. The van der Waals surface area contributed by atoms with Crippen molar-refractivity contribution in [3.8, 4) is 0 Å². The molecule has 0 aliphatic carbocycles. The Balaban J connectivity index is 2.35. The predicted octanol–water partition coefficient (Wildman–Crippen LogP) is 2.80. The zero-order valence-corrected chi connectivity index (χ0v) is 13.4. The average Bonchev–Trinajstić information content (AvgIpc) is 2.92. The lowest BCUT2D eigenvalue weighted by atomic mass is 9.78. The van der Waals surface area contributed by atoms with Crippen molar-refractivity contribution in [1.82, 2.24) is 5.32 Å². The first-order chi connectivity index (χ1) is 12.3. The van der Waals surface area contributed by atoms with Crippen LogP contribution in [0, 0.1) is 11.6 Å². The van der Waals surface area contributed by atoms with Crippen molar-refractivity contribution >= 4 is 11.9 Å². The van der Waals surface area contributed by atoms with Gasteiger partial charge in [0, 0.05) is 11.6 Å². The van der Waals surface area contributed by atoms with Gasteiger partial charge in [-0.05, 0) is 18.6 Å². The largest absolute Gasteiger partial charge is 0.478 e. The van der Waals surface area contributed by atoms with Crippen LogP contribution < -0.4 is 5.32 Å². The monoisotopic (exact) mass is 371 g/mol. The molecule has 5 nitrogen and oxygen atoms in total. The van der Waals surface area contributed by atoms with E-state index >= 15 is 0 Å². The fraction of sp³-hybridized carbons (Fsp3) is 0.294. The Morgan fingerprint density at radius 2 is 2.12 bits per heavy atom. The Kier molecular flexibility index (Phi) is 4.47. The molecule has 0 amide bonds. The molecule has 0 aromatic heterocycles. The van der Waals surface area contributed by atoms with E-state index in [1.807, 2.05) is 0 Å². The van der Waals surface area contributed by atoms with Gasteiger partial charge in [0.05, 0.1) is 28.5 Å².